The van der Waals surface area contributed by atoms with E-state index < -0.39 is 0 Å². The molecule has 0 aliphatic carbocycles. The highest BCUT2D eigenvalue weighted by Gasteiger charge is 2.34. The lowest BCUT2D eigenvalue weighted by Gasteiger charge is -2.33. The Hall–Kier alpha value is -1.00. The van der Waals surface area contributed by atoms with Gasteiger partial charge in [-0.3, -0.25) is 4.90 Å². The van der Waals surface area contributed by atoms with Crippen LogP contribution in [0.25, 0.3) is 0 Å². The van der Waals surface area contributed by atoms with Crippen LogP contribution in [0.5, 0.6) is 0 Å². The lowest BCUT2D eigenvalue weighted by Crippen LogP contribution is -2.40. The van der Waals surface area contributed by atoms with Crippen molar-refractivity contribution in [3.05, 3.63) is 35.4 Å². The van der Waals surface area contributed by atoms with E-state index in [-0.39, 0.29) is 23.7 Å². The number of benzene rings is 1. The van der Waals surface area contributed by atoms with Crippen molar-refractivity contribution in [1.29, 1.82) is 0 Å². The van der Waals surface area contributed by atoms with Crippen LogP contribution in [0.4, 0.5) is 8.78 Å². The van der Waals surface area contributed by atoms with Crippen molar-refractivity contribution in [2.24, 2.45) is 0 Å². The maximum atomic E-state index is 14.1. The van der Waals surface area contributed by atoms with Gasteiger partial charge in [-0.05, 0) is 63.5 Å². The molecule has 2 fully saturated rings. The highest BCUT2D eigenvalue weighted by Crippen LogP contribution is 2.33. The molecule has 2 heterocycles. The predicted molar refractivity (Wildman–Crippen MR) is 70.9 cm³/mol. The zero-order chi connectivity index (χ0) is 13.2. The van der Waals surface area contributed by atoms with E-state index in [1.165, 1.54) is 18.2 Å². The van der Waals surface area contributed by atoms with Crippen molar-refractivity contribution >= 4 is 0 Å². The molecule has 0 aromatic heterocycles. The van der Waals surface area contributed by atoms with Crippen LogP contribution < -0.4 is 5.32 Å². The summed E-state index contributed by atoms with van der Waals surface area (Å²) in [4.78, 5) is 2.31. The van der Waals surface area contributed by atoms with Gasteiger partial charge in [0, 0.05) is 11.6 Å². The molecule has 0 spiro atoms. The Labute approximate surface area is 112 Å². The second-order valence-corrected chi connectivity index (χ2v) is 5.56. The molecule has 2 aliphatic rings. The molecule has 4 heteroatoms. The summed E-state index contributed by atoms with van der Waals surface area (Å²) in [5, 5.41) is 3.45. The quantitative estimate of drug-likeness (QED) is 0.905. The highest BCUT2D eigenvalue weighted by atomic mass is 19.1. The molecule has 1 aromatic rings. The molecule has 0 saturated carbocycles. The van der Waals surface area contributed by atoms with Gasteiger partial charge in [-0.2, -0.15) is 0 Å². The zero-order valence-electron chi connectivity index (χ0n) is 11.0. The third kappa shape index (κ3) is 2.65. The predicted octanol–water partition coefficient (Wildman–Crippen LogP) is 2.85. The summed E-state index contributed by atoms with van der Waals surface area (Å²) in [7, 11) is 0. The van der Waals surface area contributed by atoms with E-state index in [2.05, 4.69) is 10.2 Å². The Morgan fingerprint density at radius 1 is 1.16 bits per heavy atom. The normalized spacial score (nSPS) is 25.9. The number of hydrogen-bond acceptors (Lipinski definition) is 2. The van der Waals surface area contributed by atoms with Crippen LogP contribution in [0, 0.1) is 11.6 Å². The van der Waals surface area contributed by atoms with Crippen LogP contribution in [0.1, 0.15) is 37.3 Å². The molecular formula is C15H20F2N2. The number of halogens is 2. The molecule has 1 N–H and O–H groups in total. The third-order valence-electron chi connectivity index (χ3n) is 4.29. The average molecular weight is 266 g/mol. The summed E-state index contributed by atoms with van der Waals surface area (Å²) >= 11 is 0. The molecule has 2 saturated heterocycles. The molecule has 19 heavy (non-hydrogen) atoms. The molecule has 2 unspecified atom stereocenters. The monoisotopic (exact) mass is 266 g/mol. The van der Waals surface area contributed by atoms with Gasteiger partial charge in [-0.1, -0.05) is 0 Å². The van der Waals surface area contributed by atoms with E-state index in [1.807, 2.05) is 0 Å². The van der Waals surface area contributed by atoms with E-state index in [9.17, 15) is 8.78 Å². The maximum absolute atomic E-state index is 14.1. The van der Waals surface area contributed by atoms with Crippen molar-refractivity contribution in [1.82, 2.24) is 10.2 Å². The van der Waals surface area contributed by atoms with Gasteiger partial charge in [0.15, 0.2) is 0 Å². The van der Waals surface area contributed by atoms with E-state index in [0.29, 0.717) is 5.56 Å². The minimum absolute atomic E-state index is 0.0271. The van der Waals surface area contributed by atoms with Crippen LogP contribution in [-0.4, -0.2) is 30.6 Å². The summed E-state index contributed by atoms with van der Waals surface area (Å²) in [5.41, 5.74) is 0.515. The first kappa shape index (κ1) is 13.0. The second kappa shape index (κ2) is 5.55. The Morgan fingerprint density at radius 2 is 1.95 bits per heavy atom. The molecule has 0 bridgehead atoms. The van der Waals surface area contributed by atoms with Gasteiger partial charge in [-0.25, -0.2) is 8.78 Å². The van der Waals surface area contributed by atoms with Gasteiger partial charge in [0.05, 0.1) is 6.04 Å². The summed E-state index contributed by atoms with van der Waals surface area (Å²) in [6, 6.07) is 4.04. The van der Waals surface area contributed by atoms with E-state index in [4.69, 9.17) is 0 Å². The van der Waals surface area contributed by atoms with Crippen molar-refractivity contribution in [2.45, 2.75) is 37.8 Å². The summed E-state index contributed by atoms with van der Waals surface area (Å²) in [5.74, 6) is -0.634. The van der Waals surface area contributed by atoms with Crippen LogP contribution in [-0.2, 0) is 0 Å². The molecule has 2 atom stereocenters. The molecule has 2 nitrogen and oxygen atoms in total. The van der Waals surface area contributed by atoms with Crippen LogP contribution >= 0.6 is 0 Å². The highest BCUT2D eigenvalue weighted by molar-refractivity contribution is 5.24. The largest absolute Gasteiger partial charge is 0.312 e. The molecule has 104 valence electrons. The molecule has 1 aromatic carbocycles. The second-order valence-electron chi connectivity index (χ2n) is 5.56. The fourth-order valence-corrected chi connectivity index (χ4v) is 3.41. The van der Waals surface area contributed by atoms with Gasteiger partial charge in [0.2, 0.25) is 0 Å². The van der Waals surface area contributed by atoms with Crippen LogP contribution in [0.2, 0.25) is 0 Å². The molecule has 2 aliphatic heterocycles. The standard InChI is InChI=1S/C15H20F2N2/c16-11-5-6-13(17)12(10-11)15(14-4-3-7-18-14)19-8-1-2-9-19/h5-6,10,14-15,18H,1-4,7-9H2. The zero-order valence-corrected chi connectivity index (χ0v) is 11.0. The number of nitrogens with zero attached hydrogens (tertiary/aromatic N) is 1. The topological polar surface area (TPSA) is 15.3 Å². The smallest absolute Gasteiger partial charge is 0.128 e. The van der Waals surface area contributed by atoms with Gasteiger partial charge in [0.1, 0.15) is 11.6 Å². The third-order valence-corrected chi connectivity index (χ3v) is 4.29. The maximum Gasteiger partial charge on any atom is 0.128 e. The van der Waals surface area contributed by atoms with Crippen molar-refractivity contribution in [2.75, 3.05) is 19.6 Å². The fourth-order valence-electron chi connectivity index (χ4n) is 3.41. The summed E-state index contributed by atoms with van der Waals surface area (Å²) < 4.78 is 27.6. The molecule has 0 amide bonds. The van der Waals surface area contributed by atoms with Crippen molar-refractivity contribution in [3.8, 4) is 0 Å². The number of nitrogens with one attached hydrogen (secondary N) is 1. The van der Waals surface area contributed by atoms with E-state index in [0.717, 1.165) is 45.3 Å². The molecule has 3 rings (SSSR count). The van der Waals surface area contributed by atoms with E-state index in [1.54, 1.807) is 0 Å². The van der Waals surface area contributed by atoms with Crippen LogP contribution in [0.15, 0.2) is 18.2 Å². The Kier molecular flexibility index (Phi) is 3.80. The first-order valence-electron chi connectivity index (χ1n) is 7.18. The van der Waals surface area contributed by atoms with E-state index >= 15 is 0 Å². The van der Waals surface area contributed by atoms with Crippen molar-refractivity contribution in [3.63, 3.8) is 0 Å². The average Bonchev–Trinajstić information content (AvgIpc) is 3.07. The van der Waals surface area contributed by atoms with Gasteiger partial charge in [0.25, 0.3) is 0 Å². The van der Waals surface area contributed by atoms with Gasteiger partial charge >= 0.3 is 0 Å². The van der Waals surface area contributed by atoms with Crippen molar-refractivity contribution < 1.29 is 8.78 Å². The summed E-state index contributed by atoms with van der Waals surface area (Å²) in [6.45, 7) is 2.95. The summed E-state index contributed by atoms with van der Waals surface area (Å²) in [6.07, 6.45) is 4.46. The Balaban J connectivity index is 1.94. The first-order valence-corrected chi connectivity index (χ1v) is 7.18. The Morgan fingerprint density at radius 3 is 2.63 bits per heavy atom. The minimum Gasteiger partial charge on any atom is -0.312 e. The lowest BCUT2D eigenvalue weighted by molar-refractivity contribution is 0.197. The molecule has 0 radical (unpaired) electrons. The first-order chi connectivity index (χ1) is 9.25. The van der Waals surface area contributed by atoms with Gasteiger partial charge < -0.3 is 5.32 Å². The number of likely N-dealkylation sites (tertiary alicyclic amines) is 1. The number of hydrogen-bond donors (Lipinski definition) is 1. The molecular weight excluding hydrogens is 246 g/mol. The number of rotatable bonds is 3. The minimum atomic E-state index is -0.349. The SMILES string of the molecule is Fc1ccc(F)c(C(C2CCCN2)N2CCCC2)c1. The lowest BCUT2D eigenvalue weighted by atomic mass is 9.96. The van der Waals surface area contributed by atoms with Gasteiger partial charge in [-0.15, -0.1) is 0 Å². The Bertz CT molecular complexity index is 422. The fraction of sp³-hybridized carbons (Fsp3) is 0.600. The van der Waals surface area contributed by atoms with Crippen LogP contribution in [0.3, 0.4) is 0 Å².